The summed E-state index contributed by atoms with van der Waals surface area (Å²) in [6.45, 7) is 3.63. The molecule has 1 rings (SSSR count). The van der Waals surface area contributed by atoms with Gasteiger partial charge < -0.3 is 15.4 Å². The molecule has 17 heavy (non-hydrogen) atoms. The van der Waals surface area contributed by atoms with Gasteiger partial charge in [-0.25, -0.2) is 0 Å². The zero-order valence-corrected chi connectivity index (χ0v) is 11.7. The molecule has 1 unspecified atom stereocenters. The lowest BCUT2D eigenvalue weighted by Crippen LogP contribution is -2.36. The lowest BCUT2D eigenvalue weighted by molar-refractivity contribution is -0.120. The second-order valence-electron chi connectivity index (χ2n) is 3.47. The van der Waals surface area contributed by atoms with Crippen molar-refractivity contribution < 1.29 is 9.53 Å². The average Bonchev–Trinajstić information content (AvgIpc) is 2.77. The fourth-order valence-electron chi connectivity index (χ4n) is 1.28. The van der Waals surface area contributed by atoms with Crippen LogP contribution < -0.4 is 10.6 Å². The van der Waals surface area contributed by atoms with E-state index in [1.807, 2.05) is 24.4 Å². The van der Waals surface area contributed by atoms with Gasteiger partial charge >= 0.3 is 0 Å². The smallest absolute Gasteiger partial charge is 0.234 e. The first-order chi connectivity index (χ1) is 7.74. The fraction of sp³-hybridized carbons (Fsp3) is 0.545. The van der Waals surface area contributed by atoms with Crippen molar-refractivity contribution >= 4 is 29.7 Å². The Morgan fingerprint density at radius 2 is 2.35 bits per heavy atom. The summed E-state index contributed by atoms with van der Waals surface area (Å²) in [6, 6.07) is 4.09. The summed E-state index contributed by atoms with van der Waals surface area (Å²) in [5, 5.41) is 7.94. The van der Waals surface area contributed by atoms with Crippen LogP contribution >= 0.6 is 23.7 Å². The van der Waals surface area contributed by atoms with Gasteiger partial charge in [-0.2, -0.15) is 0 Å². The number of ether oxygens (including phenoxy) is 1. The fourth-order valence-corrected chi connectivity index (χ4v) is 2.01. The van der Waals surface area contributed by atoms with E-state index in [1.165, 1.54) is 4.88 Å². The summed E-state index contributed by atoms with van der Waals surface area (Å²) in [5.74, 6) is 0.0111. The van der Waals surface area contributed by atoms with Crippen molar-refractivity contribution in [1.29, 1.82) is 0 Å². The third-order valence-electron chi connectivity index (χ3n) is 2.12. The third kappa shape index (κ3) is 6.63. The Balaban J connectivity index is 0.00000256. The summed E-state index contributed by atoms with van der Waals surface area (Å²) < 4.78 is 4.87. The molecule has 0 aliphatic rings. The van der Waals surface area contributed by atoms with Gasteiger partial charge in [0.05, 0.1) is 19.2 Å². The van der Waals surface area contributed by atoms with E-state index in [4.69, 9.17) is 4.74 Å². The van der Waals surface area contributed by atoms with Gasteiger partial charge in [-0.05, 0) is 18.4 Å². The van der Waals surface area contributed by atoms with E-state index in [0.717, 1.165) is 0 Å². The van der Waals surface area contributed by atoms with Gasteiger partial charge in [-0.1, -0.05) is 6.07 Å². The topological polar surface area (TPSA) is 50.4 Å². The summed E-state index contributed by atoms with van der Waals surface area (Å²) in [6.07, 6.45) is 0. The van der Waals surface area contributed by atoms with E-state index in [1.54, 1.807) is 18.4 Å². The van der Waals surface area contributed by atoms with Crippen molar-refractivity contribution in [2.45, 2.75) is 13.0 Å². The van der Waals surface area contributed by atoms with Gasteiger partial charge in [0.15, 0.2) is 0 Å². The number of carbonyl (C=O) groups is 1. The molecule has 4 nitrogen and oxygen atoms in total. The Labute approximate surface area is 112 Å². The van der Waals surface area contributed by atoms with Crippen LogP contribution in [0.4, 0.5) is 0 Å². The first-order valence-corrected chi connectivity index (χ1v) is 6.14. The van der Waals surface area contributed by atoms with E-state index < -0.39 is 0 Å². The van der Waals surface area contributed by atoms with Crippen molar-refractivity contribution in [2.75, 3.05) is 26.8 Å². The monoisotopic (exact) mass is 278 g/mol. The van der Waals surface area contributed by atoms with Crippen LogP contribution in [0.25, 0.3) is 0 Å². The Morgan fingerprint density at radius 3 is 2.94 bits per heavy atom. The van der Waals surface area contributed by atoms with Gasteiger partial charge in [-0.15, -0.1) is 23.7 Å². The lowest BCUT2D eigenvalue weighted by atomic mass is 10.3. The number of amides is 1. The Hall–Kier alpha value is -0.620. The number of hydrogen-bond acceptors (Lipinski definition) is 4. The summed E-state index contributed by atoms with van der Waals surface area (Å²) in [4.78, 5) is 12.7. The minimum Gasteiger partial charge on any atom is -0.383 e. The predicted molar refractivity (Wildman–Crippen MR) is 72.9 cm³/mol. The van der Waals surface area contributed by atoms with Gasteiger partial charge in [0.25, 0.3) is 0 Å². The molecule has 0 radical (unpaired) electrons. The van der Waals surface area contributed by atoms with Gasteiger partial charge in [0, 0.05) is 18.5 Å². The zero-order chi connectivity index (χ0) is 11.8. The number of nitrogens with one attached hydrogen (secondary N) is 2. The summed E-state index contributed by atoms with van der Waals surface area (Å²) in [5.41, 5.74) is 0. The maximum absolute atomic E-state index is 11.5. The quantitative estimate of drug-likeness (QED) is 0.745. The molecule has 1 heterocycles. The van der Waals surface area contributed by atoms with Gasteiger partial charge in [-0.3, -0.25) is 4.79 Å². The molecule has 1 aromatic heterocycles. The van der Waals surface area contributed by atoms with Crippen LogP contribution in [0.1, 0.15) is 17.8 Å². The van der Waals surface area contributed by atoms with Crippen molar-refractivity contribution in [3.63, 3.8) is 0 Å². The van der Waals surface area contributed by atoms with Crippen molar-refractivity contribution in [1.82, 2.24) is 10.6 Å². The highest BCUT2D eigenvalue weighted by Crippen LogP contribution is 2.17. The van der Waals surface area contributed by atoms with Crippen LogP contribution in [0.2, 0.25) is 0 Å². The van der Waals surface area contributed by atoms with Crippen molar-refractivity contribution in [3.8, 4) is 0 Å². The normalized spacial score (nSPS) is 11.6. The standard InChI is InChI=1S/C11H18N2O2S.ClH/c1-9(10-4-3-7-16-10)13-11(14)8-12-5-6-15-2;/h3-4,7,9,12H,5-6,8H2,1-2H3,(H,13,14);1H. The molecule has 6 heteroatoms. The number of rotatable bonds is 7. The van der Waals surface area contributed by atoms with E-state index in [9.17, 15) is 4.79 Å². The second-order valence-corrected chi connectivity index (χ2v) is 4.45. The molecule has 98 valence electrons. The van der Waals surface area contributed by atoms with E-state index in [-0.39, 0.29) is 24.4 Å². The number of halogens is 1. The minimum atomic E-state index is 0. The third-order valence-corrected chi connectivity index (χ3v) is 3.17. The number of hydrogen-bond donors (Lipinski definition) is 2. The molecule has 1 atom stereocenters. The minimum absolute atomic E-state index is 0. The molecule has 0 aliphatic carbocycles. The molecule has 1 amide bonds. The Morgan fingerprint density at radius 1 is 1.59 bits per heavy atom. The Bertz CT molecular complexity index is 306. The van der Waals surface area contributed by atoms with Crippen LogP contribution in [0.15, 0.2) is 17.5 Å². The van der Waals surface area contributed by atoms with Crippen LogP contribution in [0, 0.1) is 0 Å². The number of methoxy groups -OCH3 is 1. The molecular weight excluding hydrogens is 260 g/mol. The molecule has 0 spiro atoms. The van der Waals surface area contributed by atoms with E-state index in [0.29, 0.717) is 19.7 Å². The largest absolute Gasteiger partial charge is 0.383 e. The zero-order valence-electron chi connectivity index (χ0n) is 10.1. The highest BCUT2D eigenvalue weighted by atomic mass is 35.5. The second kappa shape index (κ2) is 9.41. The molecule has 0 bridgehead atoms. The van der Waals surface area contributed by atoms with Crippen molar-refractivity contribution in [3.05, 3.63) is 22.4 Å². The number of carbonyl (C=O) groups excluding carboxylic acids is 1. The molecule has 2 N–H and O–H groups in total. The van der Waals surface area contributed by atoms with Crippen molar-refractivity contribution in [2.24, 2.45) is 0 Å². The summed E-state index contributed by atoms with van der Waals surface area (Å²) in [7, 11) is 1.64. The summed E-state index contributed by atoms with van der Waals surface area (Å²) >= 11 is 1.65. The highest BCUT2D eigenvalue weighted by Gasteiger charge is 2.09. The Kier molecular flexibility index (Phi) is 9.07. The van der Waals surface area contributed by atoms with Gasteiger partial charge in [0.1, 0.15) is 0 Å². The molecule has 0 fully saturated rings. The van der Waals surface area contributed by atoms with E-state index >= 15 is 0 Å². The SMILES string of the molecule is COCCNCC(=O)NC(C)c1cccs1.Cl. The molecule has 0 saturated heterocycles. The van der Waals surface area contributed by atoms with Gasteiger partial charge in [0.2, 0.25) is 5.91 Å². The number of thiophene rings is 1. The average molecular weight is 279 g/mol. The first-order valence-electron chi connectivity index (χ1n) is 5.26. The lowest BCUT2D eigenvalue weighted by Gasteiger charge is -2.12. The maximum Gasteiger partial charge on any atom is 0.234 e. The van der Waals surface area contributed by atoms with E-state index in [2.05, 4.69) is 10.6 Å². The van der Waals surface area contributed by atoms with Crippen LogP contribution in [-0.4, -0.2) is 32.7 Å². The predicted octanol–water partition coefficient (Wildman–Crippen LogP) is 1.58. The maximum atomic E-state index is 11.5. The molecule has 1 aromatic rings. The molecular formula is C11H19ClN2O2S. The molecule has 0 aliphatic heterocycles. The molecule has 0 saturated carbocycles. The highest BCUT2D eigenvalue weighted by molar-refractivity contribution is 7.10. The van der Waals surface area contributed by atoms with Crippen LogP contribution in [0.5, 0.6) is 0 Å². The van der Waals surface area contributed by atoms with Crippen LogP contribution in [-0.2, 0) is 9.53 Å². The molecule has 0 aromatic carbocycles. The van der Waals surface area contributed by atoms with Crippen LogP contribution in [0.3, 0.4) is 0 Å². The first kappa shape index (κ1) is 16.4.